The minimum absolute atomic E-state index is 0.0000926. The Morgan fingerprint density at radius 1 is 1.29 bits per heavy atom. The maximum atomic E-state index is 6.48. The Morgan fingerprint density at radius 3 is 2.29 bits per heavy atom. The molecule has 0 spiro atoms. The zero-order valence-corrected chi connectivity index (χ0v) is 11.7. The van der Waals surface area contributed by atoms with E-state index in [1.807, 2.05) is 12.4 Å². The molecule has 1 rings (SSSR count). The Hall–Kier alpha value is -0.930. The molecule has 1 heterocycles. The Bertz CT molecular complexity index is 356. The van der Waals surface area contributed by atoms with Crippen molar-refractivity contribution in [3.8, 4) is 0 Å². The van der Waals surface area contributed by atoms with E-state index in [0.717, 1.165) is 24.0 Å². The molecule has 0 bridgehead atoms. The maximum Gasteiger partial charge on any atom is 0.0497 e. The van der Waals surface area contributed by atoms with Crippen molar-refractivity contribution >= 4 is 0 Å². The molecule has 1 aromatic heterocycles. The van der Waals surface area contributed by atoms with Crippen LogP contribution in [0.1, 0.15) is 43.9 Å². The van der Waals surface area contributed by atoms with Gasteiger partial charge in [0.15, 0.2) is 0 Å². The van der Waals surface area contributed by atoms with Crippen LogP contribution in [-0.4, -0.2) is 29.5 Å². The fourth-order valence-electron chi connectivity index (χ4n) is 2.66. The van der Waals surface area contributed by atoms with Gasteiger partial charge in [0.25, 0.3) is 0 Å². The summed E-state index contributed by atoms with van der Waals surface area (Å²) < 4.78 is 0. The van der Waals surface area contributed by atoms with Gasteiger partial charge in [-0.2, -0.15) is 0 Å². The number of hydrogen-bond donors (Lipinski definition) is 1. The van der Waals surface area contributed by atoms with Crippen LogP contribution in [0.3, 0.4) is 0 Å². The van der Waals surface area contributed by atoms with Crippen molar-refractivity contribution < 1.29 is 0 Å². The van der Waals surface area contributed by atoms with E-state index >= 15 is 0 Å². The number of hydrogen-bond acceptors (Lipinski definition) is 3. The second-order valence-corrected chi connectivity index (χ2v) is 4.98. The molecule has 3 heteroatoms. The summed E-state index contributed by atoms with van der Waals surface area (Å²) in [5, 5.41) is 0. The monoisotopic (exact) mass is 235 g/mol. The van der Waals surface area contributed by atoms with Gasteiger partial charge in [-0.25, -0.2) is 0 Å². The number of nitrogens with zero attached hydrogens (tertiary/aromatic N) is 2. The molecule has 0 aliphatic rings. The fourth-order valence-corrected chi connectivity index (χ4v) is 2.66. The zero-order valence-electron chi connectivity index (χ0n) is 11.7. The molecule has 3 nitrogen and oxygen atoms in total. The summed E-state index contributed by atoms with van der Waals surface area (Å²) in [6.07, 6.45) is 5.82. The summed E-state index contributed by atoms with van der Waals surface area (Å²) in [6, 6.07) is 2.14. The molecule has 2 N–H and O–H groups in total. The molecular formula is C14H25N3. The van der Waals surface area contributed by atoms with Crippen molar-refractivity contribution in [1.82, 2.24) is 9.88 Å². The van der Waals surface area contributed by atoms with Crippen molar-refractivity contribution in [1.29, 1.82) is 0 Å². The summed E-state index contributed by atoms with van der Waals surface area (Å²) in [4.78, 5) is 6.50. The molecular weight excluding hydrogens is 210 g/mol. The normalized spacial score (nSPS) is 14.1. The molecule has 1 unspecified atom stereocenters. The molecule has 1 atom stereocenters. The highest BCUT2D eigenvalue weighted by Gasteiger charge is 2.36. The average molecular weight is 235 g/mol. The van der Waals surface area contributed by atoms with Crippen LogP contribution in [0, 0.1) is 6.92 Å². The van der Waals surface area contributed by atoms with E-state index in [2.05, 4.69) is 50.8 Å². The van der Waals surface area contributed by atoms with Gasteiger partial charge in [-0.1, -0.05) is 19.9 Å². The van der Waals surface area contributed by atoms with Crippen LogP contribution < -0.4 is 5.73 Å². The van der Waals surface area contributed by atoms with E-state index in [9.17, 15) is 0 Å². The lowest BCUT2D eigenvalue weighted by Gasteiger charge is -2.43. The van der Waals surface area contributed by atoms with Crippen LogP contribution in [0.5, 0.6) is 0 Å². The van der Waals surface area contributed by atoms with E-state index in [1.54, 1.807) is 0 Å². The molecule has 0 aliphatic heterocycles. The Balaban J connectivity index is 3.12. The van der Waals surface area contributed by atoms with Crippen molar-refractivity contribution in [2.75, 3.05) is 14.1 Å². The first-order chi connectivity index (χ1) is 7.97. The lowest BCUT2D eigenvalue weighted by atomic mass is 9.80. The Kier molecular flexibility index (Phi) is 4.66. The largest absolute Gasteiger partial charge is 0.322 e. The minimum atomic E-state index is -0.0000926. The first-order valence-corrected chi connectivity index (χ1v) is 6.32. The first kappa shape index (κ1) is 14.1. The maximum absolute atomic E-state index is 6.48. The van der Waals surface area contributed by atoms with Gasteiger partial charge in [0.05, 0.1) is 0 Å². The zero-order chi connectivity index (χ0) is 13.1. The third kappa shape index (κ3) is 2.67. The third-order valence-electron chi connectivity index (χ3n) is 3.95. The van der Waals surface area contributed by atoms with Crippen molar-refractivity contribution in [3.63, 3.8) is 0 Å². The van der Waals surface area contributed by atoms with Gasteiger partial charge < -0.3 is 10.6 Å². The van der Waals surface area contributed by atoms with E-state index in [-0.39, 0.29) is 11.6 Å². The lowest BCUT2D eigenvalue weighted by molar-refractivity contribution is 0.106. The number of nitrogens with two attached hydrogens (primary N) is 1. The number of rotatable bonds is 5. The molecule has 1 aromatic rings. The van der Waals surface area contributed by atoms with Gasteiger partial charge >= 0.3 is 0 Å². The predicted molar refractivity (Wildman–Crippen MR) is 72.9 cm³/mol. The van der Waals surface area contributed by atoms with Crippen LogP contribution in [0.25, 0.3) is 0 Å². The van der Waals surface area contributed by atoms with Crippen LogP contribution in [0.4, 0.5) is 0 Å². The van der Waals surface area contributed by atoms with Crippen molar-refractivity contribution in [3.05, 3.63) is 29.6 Å². The molecule has 0 aromatic carbocycles. The van der Waals surface area contributed by atoms with Gasteiger partial charge in [-0.15, -0.1) is 0 Å². The fraction of sp³-hybridized carbons (Fsp3) is 0.643. The molecule has 17 heavy (non-hydrogen) atoms. The van der Waals surface area contributed by atoms with Gasteiger partial charge in [0, 0.05) is 24.0 Å². The van der Waals surface area contributed by atoms with Crippen LogP contribution >= 0.6 is 0 Å². The molecule has 0 saturated carbocycles. The summed E-state index contributed by atoms with van der Waals surface area (Å²) in [5.41, 5.74) is 8.78. The molecule has 0 aliphatic carbocycles. The number of pyridine rings is 1. The molecule has 0 fully saturated rings. The van der Waals surface area contributed by atoms with E-state index in [0.29, 0.717) is 0 Å². The second-order valence-electron chi connectivity index (χ2n) is 4.98. The van der Waals surface area contributed by atoms with Crippen molar-refractivity contribution in [2.45, 2.75) is 45.2 Å². The molecule has 0 saturated heterocycles. The Labute approximate surface area is 105 Å². The van der Waals surface area contributed by atoms with Gasteiger partial charge in [0.2, 0.25) is 0 Å². The highest BCUT2D eigenvalue weighted by molar-refractivity contribution is 5.23. The summed E-state index contributed by atoms with van der Waals surface area (Å²) in [7, 11) is 4.21. The van der Waals surface area contributed by atoms with E-state index in [4.69, 9.17) is 5.73 Å². The van der Waals surface area contributed by atoms with Crippen LogP contribution in [0.2, 0.25) is 0 Å². The second kappa shape index (κ2) is 5.61. The van der Waals surface area contributed by atoms with Crippen LogP contribution in [-0.2, 0) is 0 Å². The minimum Gasteiger partial charge on any atom is -0.322 e. The lowest BCUT2D eigenvalue weighted by Crippen LogP contribution is -2.51. The number of likely N-dealkylation sites (N-methyl/N-ethyl adjacent to an activating group) is 1. The smallest absolute Gasteiger partial charge is 0.0497 e. The standard InChI is InChI=1S/C14H25N3/c1-6-14(7-2,17(4)5)13(15)12-8-11(3)9-16-10-12/h8-10,13H,6-7,15H2,1-5H3. The number of aryl methyl sites for hydroxylation is 1. The van der Waals surface area contributed by atoms with Gasteiger partial charge in [-0.05, 0) is 45.0 Å². The highest BCUT2D eigenvalue weighted by atomic mass is 15.2. The number of aromatic nitrogens is 1. The van der Waals surface area contributed by atoms with E-state index in [1.165, 1.54) is 0 Å². The van der Waals surface area contributed by atoms with Crippen molar-refractivity contribution in [2.24, 2.45) is 5.73 Å². The first-order valence-electron chi connectivity index (χ1n) is 6.32. The summed E-state index contributed by atoms with van der Waals surface area (Å²) in [5.74, 6) is 0. The molecule has 96 valence electrons. The summed E-state index contributed by atoms with van der Waals surface area (Å²) >= 11 is 0. The third-order valence-corrected chi connectivity index (χ3v) is 3.95. The van der Waals surface area contributed by atoms with E-state index < -0.39 is 0 Å². The van der Waals surface area contributed by atoms with Gasteiger partial charge in [0.1, 0.15) is 0 Å². The topological polar surface area (TPSA) is 42.1 Å². The van der Waals surface area contributed by atoms with Crippen LogP contribution in [0.15, 0.2) is 18.5 Å². The SMILES string of the molecule is CCC(CC)(C(N)c1cncc(C)c1)N(C)C. The quantitative estimate of drug-likeness (QED) is 0.852. The highest BCUT2D eigenvalue weighted by Crippen LogP contribution is 2.33. The Morgan fingerprint density at radius 2 is 1.88 bits per heavy atom. The van der Waals surface area contributed by atoms with Gasteiger partial charge in [-0.3, -0.25) is 4.98 Å². The predicted octanol–water partition coefficient (Wildman–Crippen LogP) is 2.51. The summed E-state index contributed by atoms with van der Waals surface area (Å²) in [6.45, 7) is 6.46. The average Bonchev–Trinajstić information content (AvgIpc) is 2.30. The molecule has 0 amide bonds. The molecule has 0 radical (unpaired) electrons.